The van der Waals surface area contributed by atoms with Gasteiger partial charge >= 0.3 is 6.09 Å². The van der Waals surface area contributed by atoms with Gasteiger partial charge in [-0.1, -0.05) is 6.07 Å². The molecule has 0 saturated carbocycles. The fourth-order valence-corrected chi connectivity index (χ4v) is 1.77. The van der Waals surface area contributed by atoms with Gasteiger partial charge in [-0.2, -0.15) is 0 Å². The summed E-state index contributed by atoms with van der Waals surface area (Å²) in [5.41, 5.74) is -0.449. The molecule has 0 unspecified atom stereocenters. The summed E-state index contributed by atoms with van der Waals surface area (Å²) in [4.78, 5) is 23.7. The highest BCUT2D eigenvalue weighted by atomic mass is 19.1. The number of halogens is 1. The van der Waals surface area contributed by atoms with Crippen LogP contribution in [0.3, 0.4) is 0 Å². The highest BCUT2D eigenvalue weighted by Crippen LogP contribution is 2.29. The number of nitrogens with one attached hydrogen (secondary N) is 2. The number of hydrogen-bond acceptors (Lipinski definition) is 4. The molecule has 1 aromatic carbocycles. The van der Waals surface area contributed by atoms with Gasteiger partial charge in [0.25, 0.3) is 5.91 Å². The number of alkyl carbamates (subject to hydrolysis) is 1. The molecule has 114 valence electrons. The van der Waals surface area contributed by atoms with Gasteiger partial charge < -0.3 is 20.1 Å². The zero-order chi connectivity index (χ0) is 15.6. The fourth-order valence-electron chi connectivity index (χ4n) is 1.77. The molecule has 1 aliphatic rings. The van der Waals surface area contributed by atoms with Crippen molar-refractivity contribution in [1.29, 1.82) is 0 Å². The zero-order valence-electron chi connectivity index (χ0n) is 12.0. The minimum atomic E-state index is -0.966. The van der Waals surface area contributed by atoms with E-state index < -0.39 is 29.5 Å². The van der Waals surface area contributed by atoms with Crippen LogP contribution in [0, 0.1) is 5.82 Å². The van der Waals surface area contributed by atoms with Crippen molar-refractivity contribution in [1.82, 2.24) is 5.32 Å². The van der Waals surface area contributed by atoms with Crippen LogP contribution in [0.25, 0.3) is 0 Å². The lowest BCUT2D eigenvalue weighted by Crippen LogP contribution is -2.48. The van der Waals surface area contributed by atoms with Crippen LogP contribution in [0.4, 0.5) is 14.9 Å². The number of fused-ring (bicyclic) bond motifs is 1. The molecule has 0 aromatic heterocycles. The first kappa shape index (κ1) is 15.1. The quantitative estimate of drug-likeness (QED) is 0.831. The summed E-state index contributed by atoms with van der Waals surface area (Å²) in [6.45, 7) is 4.95. The van der Waals surface area contributed by atoms with E-state index in [4.69, 9.17) is 9.47 Å². The minimum absolute atomic E-state index is 0.0423. The number of rotatable bonds is 1. The largest absolute Gasteiger partial charge is 0.486 e. The van der Waals surface area contributed by atoms with Crippen LogP contribution < -0.4 is 15.4 Å². The van der Waals surface area contributed by atoms with Crippen LogP contribution in [-0.4, -0.2) is 30.3 Å². The molecule has 7 heteroatoms. The van der Waals surface area contributed by atoms with Crippen LogP contribution in [0.1, 0.15) is 20.8 Å². The second-order valence-electron chi connectivity index (χ2n) is 5.62. The number of ether oxygens (including phenoxy) is 2. The maximum atomic E-state index is 13.6. The highest BCUT2D eigenvalue weighted by Gasteiger charge is 2.29. The summed E-state index contributed by atoms with van der Waals surface area (Å²) in [7, 11) is 0. The summed E-state index contributed by atoms with van der Waals surface area (Å²) in [5, 5.41) is 4.91. The predicted molar refractivity (Wildman–Crippen MR) is 73.7 cm³/mol. The molecule has 1 atom stereocenters. The number of benzene rings is 1. The van der Waals surface area contributed by atoms with Gasteiger partial charge in [0.15, 0.2) is 11.6 Å². The van der Waals surface area contributed by atoms with E-state index in [0.717, 1.165) is 0 Å². The standard InChI is InChI=1S/C14H17FN2O4/c1-14(2,3)21-13(19)17-10-7-20-11-8(15)5-4-6-9(11)16-12(10)18/h4-6,10H,7H2,1-3H3,(H,16,18)(H,17,19)/t10-/m0/s1. The van der Waals surface area contributed by atoms with Gasteiger partial charge in [0, 0.05) is 0 Å². The van der Waals surface area contributed by atoms with E-state index in [1.54, 1.807) is 20.8 Å². The first-order valence-electron chi connectivity index (χ1n) is 6.48. The van der Waals surface area contributed by atoms with E-state index in [-0.39, 0.29) is 18.0 Å². The third kappa shape index (κ3) is 3.84. The minimum Gasteiger partial charge on any atom is -0.486 e. The summed E-state index contributed by atoms with van der Waals surface area (Å²) >= 11 is 0. The third-order valence-electron chi connectivity index (χ3n) is 2.63. The second-order valence-corrected chi connectivity index (χ2v) is 5.62. The Morgan fingerprint density at radius 1 is 1.48 bits per heavy atom. The highest BCUT2D eigenvalue weighted by molar-refractivity contribution is 5.98. The number of para-hydroxylation sites is 1. The van der Waals surface area contributed by atoms with Gasteiger partial charge in [0.1, 0.15) is 18.2 Å². The number of carbonyl (C=O) groups is 2. The summed E-state index contributed by atoms with van der Waals surface area (Å²) in [5.74, 6) is -1.12. The van der Waals surface area contributed by atoms with Crippen LogP contribution in [-0.2, 0) is 9.53 Å². The van der Waals surface area contributed by atoms with Crippen molar-refractivity contribution in [2.45, 2.75) is 32.4 Å². The number of anilines is 1. The normalized spacial score (nSPS) is 17.9. The first-order chi connectivity index (χ1) is 9.76. The Bertz CT molecular complexity index is 569. The van der Waals surface area contributed by atoms with Gasteiger partial charge in [0.2, 0.25) is 0 Å². The van der Waals surface area contributed by atoms with Gasteiger partial charge in [-0.15, -0.1) is 0 Å². The van der Waals surface area contributed by atoms with Crippen molar-refractivity contribution in [2.24, 2.45) is 0 Å². The van der Waals surface area contributed by atoms with Crippen molar-refractivity contribution in [2.75, 3.05) is 11.9 Å². The maximum Gasteiger partial charge on any atom is 0.408 e. The Kier molecular flexibility index (Phi) is 4.02. The third-order valence-corrected chi connectivity index (χ3v) is 2.63. The molecule has 2 N–H and O–H groups in total. The summed E-state index contributed by atoms with van der Waals surface area (Å²) in [6.07, 6.45) is -0.738. The first-order valence-corrected chi connectivity index (χ1v) is 6.48. The average molecular weight is 296 g/mol. The van der Waals surface area contributed by atoms with Crippen LogP contribution in [0.2, 0.25) is 0 Å². The molecule has 21 heavy (non-hydrogen) atoms. The zero-order valence-corrected chi connectivity index (χ0v) is 12.0. The Hall–Kier alpha value is -2.31. The maximum absolute atomic E-state index is 13.6. The van der Waals surface area contributed by atoms with Gasteiger partial charge in [0.05, 0.1) is 5.69 Å². The Morgan fingerprint density at radius 3 is 2.86 bits per heavy atom. The molecule has 0 fully saturated rings. The van der Waals surface area contributed by atoms with E-state index >= 15 is 0 Å². The van der Waals surface area contributed by atoms with Crippen molar-refractivity contribution in [3.05, 3.63) is 24.0 Å². The monoisotopic (exact) mass is 296 g/mol. The molecule has 1 aliphatic heterocycles. The molecule has 0 radical (unpaired) electrons. The summed E-state index contributed by atoms with van der Waals surface area (Å²) in [6, 6.07) is 3.24. The molecule has 6 nitrogen and oxygen atoms in total. The lowest BCUT2D eigenvalue weighted by Gasteiger charge is -2.22. The van der Waals surface area contributed by atoms with Gasteiger partial charge in [-0.3, -0.25) is 4.79 Å². The van der Waals surface area contributed by atoms with Gasteiger partial charge in [-0.25, -0.2) is 9.18 Å². The van der Waals surface area contributed by atoms with Gasteiger partial charge in [-0.05, 0) is 32.9 Å². The predicted octanol–water partition coefficient (Wildman–Crippen LogP) is 2.05. The topological polar surface area (TPSA) is 76.7 Å². The molecular weight excluding hydrogens is 279 g/mol. The molecule has 0 spiro atoms. The Labute approximate surface area is 121 Å². The van der Waals surface area contributed by atoms with E-state index in [1.165, 1.54) is 18.2 Å². The van der Waals surface area contributed by atoms with Crippen LogP contribution in [0.15, 0.2) is 18.2 Å². The lowest BCUT2D eigenvalue weighted by molar-refractivity contribution is -0.118. The van der Waals surface area contributed by atoms with Crippen LogP contribution >= 0.6 is 0 Å². The van der Waals surface area contributed by atoms with E-state index in [2.05, 4.69) is 10.6 Å². The molecule has 1 heterocycles. The van der Waals surface area contributed by atoms with Crippen LogP contribution in [0.5, 0.6) is 5.75 Å². The Balaban J connectivity index is 2.07. The van der Waals surface area contributed by atoms with Crippen molar-refractivity contribution in [3.63, 3.8) is 0 Å². The van der Waals surface area contributed by atoms with Crippen molar-refractivity contribution >= 4 is 17.7 Å². The van der Waals surface area contributed by atoms with E-state index in [0.29, 0.717) is 0 Å². The Morgan fingerprint density at radius 2 is 2.19 bits per heavy atom. The van der Waals surface area contributed by atoms with E-state index in [1.807, 2.05) is 0 Å². The lowest BCUT2D eigenvalue weighted by atomic mass is 10.2. The average Bonchev–Trinajstić information content (AvgIpc) is 2.48. The number of carbonyl (C=O) groups excluding carboxylic acids is 2. The fraction of sp³-hybridized carbons (Fsp3) is 0.429. The smallest absolute Gasteiger partial charge is 0.408 e. The molecule has 2 rings (SSSR count). The summed E-state index contributed by atoms with van der Waals surface area (Å²) < 4.78 is 23.9. The molecule has 0 bridgehead atoms. The molecular formula is C14H17FN2O4. The number of amides is 2. The number of hydrogen-bond donors (Lipinski definition) is 2. The van der Waals surface area contributed by atoms with Crippen molar-refractivity contribution in [3.8, 4) is 5.75 Å². The molecule has 0 aliphatic carbocycles. The molecule has 2 amide bonds. The molecule has 1 aromatic rings. The van der Waals surface area contributed by atoms with Crippen molar-refractivity contribution < 1.29 is 23.5 Å². The SMILES string of the molecule is CC(C)(C)OC(=O)N[C@H]1COc2c(F)cccc2NC1=O. The van der Waals surface area contributed by atoms with E-state index in [9.17, 15) is 14.0 Å². The second kappa shape index (κ2) is 5.59. The molecule has 0 saturated heterocycles.